The van der Waals surface area contributed by atoms with Crippen molar-refractivity contribution in [2.24, 2.45) is 5.73 Å². The number of hydrogen-bond donors (Lipinski definition) is 2. The second-order valence-electron chi connectivity index (χ2n) is 3.17. The van der Waals surface area contributed by atoms with E-state index >= 15 is 0 Å². The molecule has 0 heterocycles. The monoisotopic (exact) mass is 370 g/mol. The highest BCUT2D eigenvalue weighted by atomic mass is 79.9. The van der Waals surface area contributed by atoms with E-state index in [2.05, 4.69) is 22.5 Å². The van der Waals surface area contributed by atoms with Crippen molar-refractivity contribution >= 4 is 37.7 Å². The molecule has 0 amide bonds. The molecule has 0 saturated carbocycles. The molecule has 4 nitrogen and oxygen atoms in total. The minimum absolute atomic E-state index is 0.00410. The number of sulfonamides is 1. The molecule has 104 valence electrons. The molecule has 0 bridgehead atoms. The highest BCUT2D eigenvalue weighted by molar-refractivity contribution is 9.10. The lowest BCUT2D eigenvalue weighted by atomic mass is 10.3. The third-order valence-electron chi connectivity index (χ3n) is 1.80. The molecule has 0 aliphatic heterocycles. The normalized spacial score (nSPS) is 11.7. The van der Waals surface area contributed by atoms with Crippen LogP contribution in [0, 0.1) is 11.6 Å². The largest absolute Gasteiger partial charge is 0.404 e. The smallest absolute Gasteiger partial charge is 0.265 e. The van der Waals surface area contributed by atoms with Gasteiger partial charge in [0, 0.05) is 6.20 Å². The van der Waals surface area contributed by atoms with Crippen LogP contribution in [0.5, 0.6) is 0 Å². The minimum Gasteiger partial charge on any atom is -0.404 e. The van der Waals surface area contributed by atoms with Crippen LogP contribution in [0.4, 0.5) is 8.78 Å². The van der Waals surface area contributed by atoms with Gasteiger partial charge in [0.1, 0.15) is 16.5 Å². The molecule has 9 heteroatoms. The average Bonchev–Trinajstić information content (AvgIpc) is 2.30. The molecule has 0 aliphatic carbocycles. The number of nitrogens with one attached hydrogen (secondary N) is 1. The van der Waals surface area contributed by atoms with Gasteiger partial charge in [-0.2, -0.15) is 0 Å². The zero-order valence-corrected chi connectivity index (χ0v) is 12.6. The van der Waals surface area contributed by atoms with E-state index in [1.165, 1.54) is 11.6 Å². The molecular formula is C10H9BrF2N2O2S2. The fourth-order valence-electron chi connectivity index (χ4n) is 1.06. The molecule has 3 N–H and O–H groups in total. The van der Waals surface area contributed by atoms with Crippen LogP contribution in [-0.2, 0) is 10.0 Å². The average molecular weight is 371 g/mol. The van der Waals surface area contributed by atoms with Gasteiger partial charge >= 0.3 is 0 Å². The zero-order chi connectivity index (χ0) is 14.6. The Morgan fingerprint density at radius 3 is 2.63 bits per heavy atom. The first-order valence-electron chi connectivity index (χ1n) is 4.67. The van der Waals surface area contributed by atoms with E-state index in [0.29, 0.717) is 6.07 Å². The summed E-state index contributed by atoms with van der Waals surface area (Å²) in [6, 6.07) is 1.32. The maximum Gasteiger partial charge on any atom is 0.265 e. The zero-order valence-electron chi connectivity index (χ0n) is 9.36. The van der Waals surface area contributed by atoms with Crippen molar-refractivity contribution < 1.29 is 17.2 Å². The Balaban J connectivity index is 3.07. The SMILES string of the molecule is C=C(NS(=O)(=O)c1cc(F)c(Br)cc1F)S/C=C\N. The molecule has 0 aliphatic rings. The molecule has 1 aromatic rings. The van der Waals surface area contributed by atoms with Crippen LogP contribution in [0.15, 0.2) is 44.7 Å². The fraction of sp³-hybridized carbons (Fsp3) is 0. The van der Waals surface area contributed by atoms with Crippen LogP contribution in [0.2, 0.25) is 0 Å². The minimum atomic E-state index is -4.24. The van der Waals surface area contributed by atoms with Crippen molar-refractivity contribution in [1.82, 2.24) is 4.72 Å². The Labute approximate surface area is 121 Å². The fourth-order valence-corrected chi connectivity index (χ4v) is 3.12. The van der Waals surface area contributed by atoms with Crippen molar-refractivity contribution in [3.8, 4) is 0 Å². The molecule has 0 unspecified atom stereocenters. The van der Waals surface area contributed by atoms with Crippen LogP contribution in [0.3, 0.4) is 0 Å². The van der Waals surface area contributed by atoms with Crippen molar-refractivity contribution in [3.63, 3.8) is 0 Å². The molecule has 0 radical (unpaired) electrons. The first-order valence-corrected chi connectivity index (χ1v) is 7.83. The van der Waals surface area contributed by atoms with E-state index in [9.17, 15) is 17.2 Å². The van der Waals surface area contributed by atoms with Gasteiger partial charge in [-0.15, -0.1) is 0 Å². The van der Waals surface area contributed by atoms with E-state index in [0.717, 1.165) is 17.8 Å². The Hall–Kier alpha value is -1.06. The van der Waals surface area contributed by atoms with Gasteiger partial charge in [-0.1, -0.05) is 18.3 Å². The van der Waals surface area contributed by atoms with Crippen LogP contribution in [-0.4, -0.2) is 8.42 Å². The number of nitrogens with two attached hydrogens (primary N) is 1. The summed E-state index contributed by atoms with van der Waals surface area (Å²) in [6.45, 7) is 3.41. The Kier molecular flexibility index (Phi) is 5.39. The number of halogens is 3. The third kappa shape index (κ3) is 4.22. The van der Waals surface area contributed by atoms with Gasteiger partial charge in [0.25, 0.3) is 10.0 Å². The number of hydrogen-bond acceptors (Lipinski definition) is 4. The van der Waals surface area contributed by atoms with E-state index < -0.39 is 26.6 Å². The molecule has 0 aromatic heterocycles. The van der Waals surface area contributed by atoms with Crippen LogP contribution >= 0.6 is 27.7 Å². The van der Waals surface area contributed by atoms with Gasteiger partial charge < -0.3 is 5.73 Å². The summed E-state index contributed by atoms with van der Waals surface area (Å²) in [5.74, 6) is -1.96. The Morgan fingerprint density at radius 2 is 2.05 bits per heavy atom. The topological polar surface area (TPSA) is 72.2 Å². The second-order valence-corrected chi connectivity index (χ2v) is 6.68. The highest BCUT2D eigenvalue weighted by Crippen LogP contribution is 2.24. The highest BCUT2D eigenvalue weighted by Gasteiger charge is 2.21. The second kappa shape index (κ2) is 6.40. The predicted octanol–water partition coefficient (Wildman–Crippen LogP) is 2.64. The molecular weight excluding hydrogens is 362 g/mol. The summed E-state index contributed by atoms with van der Waals surface area (Å²) in [4.78, 5) is -0.799. The number of rotatable bonds is 5. The van der Waals surface area contributed by atoms with Gasteiger partial charge in [0.15, 0.2) is 0 Å². The number of benzene rings is 1. The number of thioether (sulfide) groups is 1. The van der Waals surface area contributed by atoms with E-state index in [-0.39, 0.29) is 9.50 Å². The predicted molar refractivity (Wildman–Crippen MR) is 74.4 cm³/mol. The van der Waals surface area contributed by atoms with Crippen LogP contribution in [0.25, 0.3) is 0 Å². The van der Waals surface area contributed by atoms with E-state index in [1.54, 1.807) is 0 Å². The van der Waals surface area contributed by atoms with Gasteiger partial charge in [-0.25, -0.2) is 17.2 Å². The van der Waals surface area contributed by atoms with Gasteiger partial charge in [-0.3, -0.25) is 4.72 Å². The van der Waals surface area contributed by atoms with E-state index in [4.69, 9.17) is 5.73 Å². The summed E-state index contributed by atoms with van der Waals surface area (Å²) in [7, 11) is -4.24. The van der Waals surface area contributed by atoms with Gasteiger partial charge in [-0.05, 0) is 33.5 Å². The lowest BCUT2D eigenvalue weighted by Crippen LogP contribution is -2.22. The van der Waals surface area contributed by atoms with Crippen molar-refractivity contribution in [3.05, 3.63) is 51.5 Å². The first kappa shape index (κ1) is 16.0. The van der Waals surface area contributed by atoms with Crippen molar-refractivity contribution in [2.75, 3.05) is 0 Å². The summed E-state index contributed by atoms with van der Waals surface area (Å²) in [5, 5.41) is 1.38. The van der Waals surface area contributed by atoms with Gasteiger partial charge in [0.2, 0.25) is 0 Å². The molecule has 1 aromatic carbocycles. The molecule has 0 saturated heterocycles. The van der Waals surface area contributed by atoms with Crippen molar-refractivity contribution in [2.45, 2.75) is 4.90 Å². The maximum atomic E-state index is 13.5. The standard InChI is InChI=1S/C10H9BrF2N2O2S2/c1-6(18-3-2-14)15-19(16,17)10-5-8(12)7(11)4-9(10)13/h2-5,15H,1,14H2/b3-2-. The maximum absolute atomic E-state index is 13.5. The van der Waals surface area contributed by atoms with Crippen molar-refractivity contribution in [1.29, 1.82) is 0 Å². The summed E-state index contributed by atoms with van der Waals surface area (Å²) in [5.41, 5.74) is 5.08. The van der Waals surface area contributed by atoms with Crippen LogP contribution in [0.1, 0.15) is 0 Å². The Morgan fingerprint density at radius 1 is 1.42 bits per heavy atom. The molecule has 19 heavy (non-hydrogen) atoms. The third-order valence-corrected chi connectivity index (χ3v) is 4.63. The quantitative estimate of drug-likeness (QED) is 0.781. The first-order chi connectivity index (χ1) is 8.77. The molecule has 0 spiro atoms. The molecule has 0 fully saturated rings. The van der Waals surface area contributed by atoms with Crippen LogP contribution < -0.4 is 10.5 Å². The lowest BCUT2D eigenvalue weighted by Gasteiger charge is -2.10. The summed E-state index contributed by atoms with van der Waals surface area (Å²) >= 11 is 3.65. The van der Waals surface area contributed by atoms with E-state index in [1.807, 2.05) is 4.72 Å². The Bertz CT molecular complexity index is 633. The summed E-state index contributed by atoms with van der Waals surface area (Å²) < 4.78 is 52.3. The molecule has 1 rings (SSSR count). The lowest BCUT2D eigenvalue weighted by molar-refractivity contribution is 0.547. The van der Waals surface area contributed by atoms with Gasteiger partial charge in [0.05, 0.1) is 9.50 Å². The molecule has 0 atom stereocenters. The summed E-state index contributed by atoms with van der Waals surface area (Å²) in [6.07, 6.45) is 1.18.